The van der Waals surface area contributed by atoms with Gasteiger partial charge in [0.15, 0.2) is 6.10 Å². The molecule has 0 aliphatic carbocycles. The van der Waals surface area contributed by atoms with Gasteiger partial charge in [0.2, 0.25) is 0 Å². The van der Waals surface area contributed by atoms with Crippen LogP contribution in [-0.4, -0.2) is 23.0 Å². The van der Waals surface area contributed by atoms with E-state index in [0.717, 1.165) is 11.3 Å². The molecule has 1 aromatic rings. The van der Waals surface area contributed by atoms with Gasteiger partial charge in [-0.05, 0) is 17.5 Å². The molecular formula is C14H18N2O2S. The van der Waals surface area contributed by atoms with Crippen molar-refractivity contribution in [2.24, 2.45) is 11.7 Å². The number of hydrogen-bond donors (Lipinski definition) is 2. The predicted octanol–water partition coefficient (Wildman–Crippen LogP) is 1.42. The number of amides is 1. The Kier molecular flexibility index (Phi) is 4.04. The molecule has 0 bridgehead atoms. The van der Waals surface area contributed by atoms with Gasteiger partial charge in [0.25, 0.3) is 5.91 Å². The van der Waals surface area contributed by atoms with E-state index in [1.54, 1.807) is 0 Å². The van der Waals surface area contributed by atoms with Crippen molar-refractivity contribution < 1.29 is 9.53 Å². The van der Waals surface area contributed by atoms with Crippen LogP contribution >= 0.6 is 12.2 Å². The highest BCUT2D eigenvalue weighted by Crippen LogP contribution is 2.28. The molecule has 0 radical (unpaired) electrons. The van der Waals surface area contributed by atoms with Crippen molar-refractivity contribution >= 4 is 23.1 Å². The third kappa shape index (κ3) is 3.04. The lowest BCUT2D eigenvalue weighted by Crippen LogP contribution is -2.50. The van der Waals surface area contributed by atoms with Crippen LogP contribution in [0.15, 0.2) is 24.3 Å². The van der Waals surface area contributed by atoms with Crippen LogP contribution in [0.2, 0.25) is 0 Å². The van der Waals surface area contributed by atoms with Crippen molar-refractivity contribution in [3.8, 4) is 5.75 Å². The number of hydrogen-bond acceptors (Lipinski definition) is 3. The van der Waals surface area contributed by atoms with Gasteiger partial charge in [0.05, 0.1) is 11.0 Å². The lowest BCUT2D eigenvalue weighted by molar-refractivity contribution is -0.127. The van der Waals surface area contributed by atoms with Crippen molar-refractivity contribution in [3.63, 3.8) is 0 Å². The van der Waals surface area contributed by atoms with E-state index in [1.807, 2.05) is 38.1 Å². The number of ether oxygens (including phenoxy) is 1. The maximum Gasteiger partial charge on any atom is 0.262 e. The number of benzene rings is 1. The minimum atomic E-state index is -0.493. The first kappa shape index (κ1) is 13.8. The third-order valence-corrected chi connectivity index (χ3v) is 3.46. The van der Waals surface area contributed by atoms with Crippen LogP contribution in [-0.2, 0) is 11.2 Å². The zero-order valence-corrected chi connectivity index (χ0v) is 11.9. The molecular weight excluding hydrogens is 260 g/mol. The summed E-state index contributed by atoms with van der Waals surface area (Å²) in [5.41, 5.74) is 6.70. The maximum atomic E-state index is 12.2. The fourth-order valence-electron chi connectivity index (χ4n) is 2.14. The summed E-state index contributed by atoms with van der Waals surface area (Å²) in [5, 5.41) is 2.86. The third-order valence-electron chi connectivity index (χ3n) is 3.21. The van der Waals surface area contributed by atoms with Gasteiger partial charge in [-0.15, -0.1) is 0 Å². The molecule has 102 valence electrons. The van der Waals surface area contributed by atoms with Crippen molar-refractivity contribution in [2.75, 3.05) is 0 Å². The van der Waals surface area contributed by atoms with Gasteiger partial charge in [-0.2, -0.15) is 0 Å². The Morgan fingerprint density at radius 3 is 2.74 bits per heavy atom. The number of thiocarbonyl (C=S) groups is 1. The number of nitrogens with one attached hydrogen (secondary N) is 1. The van der Waals surface area contributed by atoms with Gasteiger partial charge in [0, 0.05) is 6.42 Å². The van der Waals surface area contributed by atoms with Crippen LogP contribution in [0, 0.1) is 5.92 Å². The molecule has 19 heavy (non-hydrogen) atoms. The Labute approximate surface area is 118 Å². The van der Waals surface area contributed by atoms with Crippen LogP contribution in [0.3, 0.4) is 0 Å². The predicted molar refractivity (Wildman–Crippen MR) is 78.1 cm³/mol. The van der Waals surface area contributed by atoms with Crippen molar-refractivity contribution in [1.82, 2.24) is 5.32 Å². The van der Waals surface area contributed by atoms with Crippen LogP contribution < -0.4 is 15.8 Å². The highest BCUT2D eigenvalue weighted by Gasteiger charge is 2.31. The van der Waals surface area contributed by atoms with Crippen LogP contribution in [0.5, 0.6) is 5.75 Å². The second kappa shape index (κ2) is 5.57. The van der Waals surface area contributed by atoms with Crippen molar-refractivity contribution in [1.29, 1.82) is 0 Å². The normalized spacial score (nSPS) is 18.6. The van der Waals surface area contributed by atoms with Crippen LogP contribution in [0.25, 0.3) is 0 Å². The number of para-hydroxylation sites is 1. The Hall–Kier alpha value is -1.62. The summed E-state index contributed by atoms with van der Waals surface area (Å²) in [6, 6.07) is 7.38. The lowest BCUT2D eigenvalue weighted by Gasteiger charge is -2.22. The summed E-state index contributed by atoms with van der Waals surface area (Å²) in [6.45, 7) is 3.93. The van der Waals surface area contributed by atoms with Crippen LogP contribution in [0.1, 0.15) is 19.4 Å². The molecule has 2 rings (SSSR count). The van der Waals surface area contributed by atoms with Gasteiger partial charge in [0.1, 0.15) is 5.75 Å². The molecule has 1 aliphatic heterocycles. The lowest BCUT2D eigenvalue weighted by atomic mass is 10.0. The van der Waals surface area contributed by atoms with Crippen molar-refractivity contribution in [2.45, 2.75) is 32.4 Å². The molecule has 4 nitrogen and oxygen atoms in total. The highest BCUT2D eigenvalue weighted by atomic mass is 32.1. The molecule has 1 aliphatic rings. The van der Waals surface area contributed by atoms with E-state index in [1.165, 1.54) is 0 Å². The monoisotopic (exact) mass is 278 g/mol. The summed E-state index contributed by atoms with van der Waals surface area (Å²) in [5.74, 6) is 0.770. The molecule has 3 N–H and O–H groups in total. The number of carbonyl (C=O) groups is 1. The van der Waals surface area contributed by atoms with Gasteiger partial charge < -0.3 is 15.8 Å². The summed E-state index contributed by atoms with van der Waals surface area (Å²) < 4.78 is 5.63. The van der Waals surface area contributed by atoms with Crippen LogP contribution in [0.4, 0.5) is 0 Å². The van der Waals surface area contributed by atoms with Gasteiger partial charge in [-0.25, -0.2) is 0 Å². The molecule has 5 heteroatoms. The van der Waals surface area contributed by atoms with E-state index in [9.17, 15) is 4.79 Å². The smallest absolute Gasteiger partial charge is 0.262 e. The minimum absolute atomic E-state index is 0.158. The minimum Gasteiger partial charge on any atom is -0.480 e. The van der Waals surface area contributed by atoms with Gasteiger partial charge in [-0.3, -0.25) is 4.79 Å². The number of fused-ring (bicyclic) bond motifs is 1. The first-order valence-corrected chi connectivity index (χ1v) is 6.74. The molecule has 0 spiro atoms. The van der Waals surface area contributed by atoms with Crippen molar-refractivity contribution in [3.05, 3.63) is 29.8 Å². The fourth-order valence-corrected chi connectivity index (χ4v) is 2.47. The Bertz CT molecular complexity index is 477. The summed E-state index contributed by atoms with van der Waals surface area (Å²) in [6.07, 6.45) is 0.0949. The molecule has 0 aromatic heterocycles. The number of rotatable bonds is 4. The van der Waals surface area contributed by atoms with E-state index >= 15 is 0 Å². The molecule has 1 aromatic carbocycles. The van der Waals surface area contributed by atoms with E-state index in [0.29, 0.717) is 11.4 Å². The zero-order valence-electron chi connectivity index (χ0n) is 11.1. The largest absolute Gasteiger partial charge is 0.480 e. The maximum absolute atomic E-state index is 12.2. The highest BCUT2D eigenvalue weighted by molar-refractivity contribution is 7.80. The fraction of sp³-hybridized carbons (Fsp3) is 0.429. The molecule has 1 heterocycles. The zero-order chi connectivity index (χ0) is 14.0. The topological polar surface area (TPSA) is 64.3 Å². The molecule has 0 saturated heterocycles. The molecule has 0 fully saturated rings. The summed E-state index contributed by atoms with van der Waals surface area (Å²) in [7, 11) is 0. The number of nitrogens with two attached hydrogens (primary N) is 1. The molecule has 1 amide bonds. The molecule has 2 atom stereocenters. The van der Waals surface area contributed by atoms with Gasteiger partial charge >= 0.3 is 0 Å². The first-order valence-electron chi connectivity index (χ1n) is 6.33. The summed E-state index contributed by atoms with van der Waals surface area (Å²) in [4.78, 5) is 12.5. The van der Waals surface area contributed by atoms with E-state index in [2.05, 4.69) is 5.32 Å². The Morgan fingerprint density at radius 1 is 1.47 bits per heavy atom. The Balaban J connectivity index is 2.01. The summed E-state index contributed by atoms with van der Waals surface area (Å²) >= 11 is 4.98. The Morgan fingerprint density at radius 2 is 2.16 bits per heavy atom. The molecule has 2 unspecified atom stereocenters. The van der Waals surface area contributed by atoms with E-state index in [4.69, 9.17) is 22.7 Å². The quantitative estimate of drug-likeness (QED) is 0.818. The first-order chi connectivity index (χ1) is 8.99. The standard InChI is InChI=1S/C14H18N2O2S/c1-8(2)12(13(15)19)16-14(17)11-7-9-5-3-4-6-10(9)18-11/h3-6,8,11-12H,7H2,1-2H3,(H2,15,19)(H,16,17). The average molecular weight is 278 g/mol. The van der Waals surface area contributed by atoms with E-state index in [-0.39, 0.29) is 17.9 Å². The molecule has 0 saturated carbocycles. The average Bonchev–Trinajstić information content (AvgIpc) is 2.78. The number of carbonyl (C=O) groups excluding carboxylic acids is 1. The van der Waals surface area contributed by atoms with Gasteiger partial charge in [-0.1, -0.05) is 44.3 Å². The SMILES string of the molecule is CC(C)C(NC(=O)C1Cc2ccccc2O1)C(N)=S. The van der Waals surface area contributed by atoms with E-state index < -0.39 is 6.10 Å². The second-order valence-corrected chi connectivity index (χ2v) is 5.52. The second-order valence-electron chi connectivity index (χ2n) is 5.05.